The summed E-state index contributed by atoms with van der Waals surface area (Å²) >= 11 is 0. The van der Waals surface area contributed by atoms with Crippen LogP contribution in [0, 0.1) is 5.82 Å². The minimum atomic E-state index is -3.91. The van der Waals surface area contributed by atoms with Gasteiger partial charge in [0.2, 0.25) is 0 Å². The highest BCUT2D eigenvalue weighted by Gasteiger charge is 2.33. The van der Waals surface area contributed by atoms with Gasteiger partial charge in [0.1, 0.15) is 16.4 Å². The first-order valence-corrected chi connectivity index (χ1v) is 12.6. The lowest BCUT2D eigenvalue weighted by Crippen LogP contribution is -2.07. The van der Waals surface area contributed by atoms with E-state index in [9.17, 15) is 12.8 Å². The highest BCUT2D eigenvalue weighted by Crippen LogP contribution is 2.37. The van der Waals surface area contributed by atoms with Crippen molar-refractivity contribution in [3.63, 3.8) is 0 Å². The molecular formula is C29H19FN2O2S. The third-order valence-electron chi connectivity index (χ3n) is 6.17. The molecule has 35 heavy (non-hydrogen) atoms. The van der Waals surface area contributed by atoms with Crippen molar-refractivity contribution in [1.82, 2.24) is 4.98 Å². The molecule has 0 unspecified atom stereocenters. The molecule has 4 aromatic carbocycles. The van der Waals surface area contributed by atoms with Crippen molar-refractivity contribution in [3.8, 4) is 11.1 Å². The van der Waals surface area contributed by atoms with Gasteiger partial charge in [0.05, 0.1) is 11.4 Å². The molecule has 5 aromatic rings. The first kappa shape index (κ1) is 21.4. The molecule has 0 atom stereocenters. The first-order valence-electron chi connectivity index (χ1n) is 11.2. The van der Waals surface area contributed by atoms with Crippen molar-refractivity contribution in [3.05, 3.63) is 131 Å². The molecule has 6 heteroatoms. The normalized spacial score (nSPS) is 14.0. The molecule has 0 spiro atoms. The molecule has 0 N–H and O–H groups in total. The summed E-state index contributed by atoms with van der Waals surface area (Å²) in [5.41, 5.74) is 4.49. The number of nitrogens with zero attached hydrogens (tertiary/aromatic N) is 2. The number of hydrogen-bond acceptors (Lipinski definition) is 3. The lowest BCUT2D eigenvalue weighted by molar-refractivity contribution is 0.599. The lowest BCUT2D eigenvalue weighted by Gasteiger charge is -2.11. The maximum atomic E-state index is 13.4. The van der Waals surface area contributed by atoms with Gasteiger partial charge in [-0.05, 0) is 34.7 Å². The van der Waals surface area contributed by atoms with Gasteiger partial charge in [-0.2, -0.15) is 12.8 Å². The fourth-order valence-corrected chi connectivity index (χ4v) is 6.00. The third-order valence-corrected chi connectivity index (χ3v) is 7.55. The smallest absolute Gasteiger partial charge is 0.250 e. The average Bonchev–Trinajstić information content (AvgIpc) is 3.17. The van der Waals surface area contributed by atoms with Crippen molar-refractivity contribution >= 4 is 26.5 Å². The number of pyridine rings is 1. The minimum Gasteiger partial charge on any atom is -0.250 e. The van der Waals surface area contributed by atoms with Gasteiger partial charge in [0.15, 0.2) is 0 Å². The van der Waals surface area contributed by atoms with Crippen LogP contribution in [0.15, 0.2) is 112 Å². The van der Waals surface area contributed by atoms with E-state index in [0.29, 0.717) is 29.0 Å². The standard InChI is InChI=1S/C29H19FN2O2S/c30-22-15-13-19(14-16-22)17-26-23-10-5-4-9-21(23)18-27(31-26)28-25-12-6-11-24(20-7-2-1-3-8-20)29(25)35(33,34)32-28/h1-16,18H,17H2. The van der Waals surface area contributed by atoms with E-state index in [-0.39, 0.29) is 10.7 Å². The van der Waals surface area contributed by atoms with Gasteiger partial charge in [0, 0.05) is 22.9 Å². The van der Waals surface area contributed by atoms with Crippen molar-refractivity contribution in [1.29, 1.82) is 0 Å². The van der Waals surface area contributed by atoms with Crippen molar-refractivity contribution < 1.29 is 12.8 Å². The second kappa shape index (κ2) is 8.25. The minimum absolute atomic E-state index is 0.205. The van der Waals surface area contributed by atoms with Crippen LogP contribution in [0.5, 0.6) is 0 Å². The Morgan fingerprint density at radius 1 is 0.743 bits per heavy atom. The predicted molar refractivity (Wildman–Crippen MR) is 136 cm³/mol. The Morgan fingerprint density at radius 3 is 2.26 bits per heavy atom. The van der Waals surface area contributed by atoms with E-state index >= 15 is 0 Å². The summed E-state index contributed by atoms with van der Waals surface area (Å²) in [5.74, 6) is -0.295. The van der Waals surface area contributed by atoms with Crippen LogP contribution in [0.3, 0.4) is 0 Å². The molecule has 0 saturated heterocycles. The van der Waals surface area contributed by atoms with Crippen molar-refractivity contribution in [2.24, 2.45) is 4.40 Å². The molecular weight excluding hydrogens is 459 g/mol. The number of aromatic nitrogens is 1. The second-order valence-electron chi connectivity index (χ2n) is 8.44. The maximum Gasteiger partial charge on any atom is 0.284 e. The van der Waals surface area contributed by atoms with Crippen LogP contribution in [0.1, 0.15) is 22.5 Å². The van der Waals surface area contributed by atoms with Gasteiger partial charge >= 0.3 is 0 Å². The monoisotopic (exact) mass is 478 g/mol. The van der Waals surface area contributed by atoms with Gasteiger partial charge in [-0.15, -0.1) is 0 Å². The summed E-state index contributed by atoms with van der Waals surface area (Å²) in [6.07, 6.45) is 0.478. The summed E-state index contributed by atoms with van der Waals surface area (Å²) in [5, 5.41) is 1.89. The molecule has 170 valence electrons. The maximum absolute atomic E-state index is 13.4. The van der Waals surface area contributed by atoms with Crippen LogP contribution in [0.2, 0.25) is 0 Å². The SMILES string of the molecule is O=S1(=O)N=C(c2cc3ccccc3c(Cc3ccc(F)cc3)n2)c2cccc(-c3ccccc3)c21. The zero-order valence-corrected chi connectivity index (χ0v) is 19.3. The van der Waals surface area contributed by atoms with E-state index in [2.05, 4.69) is 4.40 Å². The topological polar surface area (TPSA) is 59.4 Å². The number of benzene rings is 4. The van der Waals surface area contributed by atoms with Crippen LogP contribution < -0.4 is 0 Å². The molecule has 1 aromatic heterocycles. The van der Waals surface area contributed by atoms with E-state index in [0.717, 1.165) is 27.6 Å². The summed E-state index contributed by atoms with van der Waals surface area (Å²) in [6, 6.07) is 30.9. The molecule has 2 heterocycles. The largest absolute Gasteiger partial charge is 0.284 e. The van der Waals surface area contributed by atoms with Crippen LogP contribution >= 0.6 is 0 Å². The Hall–Kier alpha value is -4.16. The fraction of sp³-hybridized carbons (Fsp3) is 0.0345. The number of sulfonamides is 1. The molecule has 6 rings (SSSR count). The summed E-state index contributed by atoms with van der Waals surface area (Å²) in [6.45, 7) is 0. The number of hydrogen-bond donors (Lipinski definition) is 0. The van der Waals surface area contributed by atoms with E-state index < -0.39 is 10.0 Å². The molecule has 0 fully saturated rings. The highest BCUT2D eigenvalue weighted by molar-refractivity contribution is 7.91. The zero-order valence-electron chi connectivity index (χ0n) is 18.5. The molecule has 4 nitrogen and oxygen atoms in total. The first-order chi connectivity index (χ1) is 17.0. The molecule has 1 aliphatic rings. The van der Waals surface area contributed by atoms with E-state index in [4.69, 9.17) is 4.98 Å². The zero-order chi connectivity index (χ0) is 24.0. The molecule has 1 aliphatic heterocycles. The lowest BCUT2D eigenvalue weighted by atomic mass is 9.97. The second-order valence-corrected chi connectivity index (χ2v) is 9.98. The highest BCUT2D eigenvalue weighted by atomic mass is 32.2. The van der Waals surface area contributed by atoms with Crippen LogP contribution in [0.4, 0.5) is 4.39 Å². The Morgan fingerprint density at radius 2 is 1.46 bits per heavy atom. The summed E-state index contributed by atoms with van der Waals surface area (Å²) < 4.78 is 44.1. The summed E-state index contributed by atoms with van der Waals surface area (Å²) in [7, 11) is -3.91. The number of halogens is 1. The van der Waals surface area contributed by atoms with E-state index in [1.807, 2.05) is 66.7 Å². The number of fused-ring (bicyclic) bond motifs is 2. The fourth-order valence-electron chi connectivity index (χ4n) is 4.57. The van der Waals surface area contributed by atoms with E-state index in [1.165, 1.54) is 12.1 Å². The molecule has 0 aliphatic carbocycles. The van der Waals surface area contributed by atoms with Gasteiger partial charge in [-0.25, -0.2) is 4.39 Å². The Balaban J connectivity index is 1.53. The molecule has 0 amide bonds. The number of rotatable bonds is 4. The van der Waals surface area contributed by atoms with Crippen molar-refractivity contribution in [2.75, 3.05) is 0 Å². The van der Waals surface area contributed by atoms with Gasteiger partial charge in [-0.3, -0.25) is 4.98 Å². The van der Waals surface area contributed by atoms with Crippen LogP contribution in [-0.2, 0) is 16.4 Å². The van der Waals surface area contributed by atoms with Gasteiger partial charge < -0.3 is 0 Å². The molecule has 0 radical (unpaired) electrons. The molecule has 0 bridgehead atoms. The third kappa shape index (κ3) is 3.82. The van der Waals surface area contributed by atoms with Crippen molar-refractivity contribution in [2.45, 2.75) is 11.3 Å². The summed E-state index contributed by atoms with van der Waals surface area (Å²) in [4.78, 5) is 5.08. The predicted octanol–water partition coefficient (Wildman–Crippen LogP) is 6.17. The molecule has 0 saturated carbocycles. The Bertz CT molecular complexity index is 1730. The Labute approximate surface area is 202 Å². The van der Waals surface area contributed by atoms with Crippen LogP contribution in [-0.4, -0.2) is 19.1 Å². The van der Waals surface area contributed by atoms with Gasteiger partial charge in [0.25, 0.3) is 10.0 Å². The van der Waals surface area contributed by atoms with Gasteiger partial charge in [-0.1, -0.05) is 84.9 Å². The quantitative estimate of drug-likeness (QED) is 0.310. The van der Waals surface area contributed by atoms with E-state index in [1.54, 1.807) is 24.3 Å². The van der Waals surface area contributed by atoms with Crippen LogP contribution in [0.25, 0.3) is 21.9 Å². The Kier molecular flexibility index (Phi) is 5.04. The average molecular weight is 479 g/mol.